The van der Waals surface area contributed by atoms with Crippen molar-refractivity contribution in [3.05, 3.63) is 66.9 Å². The van der Waals surface area contributed by atoms with E-state index in [-0.39, 0.29) is 5.75 Å². The Hall–Kier alpha value is -3.75. The van der Waals surface area contributed by atoms with Gasteiger partial charge in [-0.3, -0.25) is 9.88 Å². The van der Waals surface area contributed by atoms with Crippen LogP contribution in [0.5, 0.6) is 5.75 Å². The van der Waals surface area contributed by atoms with Crippen LogP contribution in [-0.2, 0) is 0 Å². The van der Waals surface area contributed by atoms with Crippen LogP contribution in [0.25, 0.3) is 11.3 Å². The van der Waals surface area contributed by atoms with Crippen molar-refractivity contribution in [2.24, 2.45) is 0 Å². The first-order valence-electron chi connectivity index (χ1n) is 9.46. The molecule has 1 aromatic heterocycles. The molecular formula is C22H18F3N3O3. The van der Waals surface area contributed by atoms with Gasteiger partial charge in [-0.2, -0.15) is 4.39 Å². The number of carboxylic acid groups (broad SMARTS) is 1. The van der Waals surface area contributed by atoms with Gasteiger partial charge in [0.2, 0.25) is 0 Å². The van der Waals surface area contributed by atoms with E-state index in [0.29, 0.717) is 24.5 Å². The Morgan fingerprint density at radius 2 is 1.68 bits per heavy atom. The molecule has 3 aromatic rings. The molecule has 1 aliphatic heterocycles. The average Bonchev–Trinajstić information content (AvgIpc) is 2.79. The number of rotatable bonds is 5. The Balaban J connectivity index is 1.54. The lowest BCUT2D eigenvalue weighted by Gasteiger charge is -2.36. The van der Waals surface area contributed by atoms with Gasteiger partial charge in [-0.25, -0.2) is 13.6 Å². The van der Waals surface area contributed by atoms with E-state index in [1.165, 1.54) is 17.2 Å². The second-order valence-corrected chi connectivity index (χ2v) is 6.80. The van der Waals surface area contributed by atoms with Crippen LogP contribution in [-0.4, -0.2) is 42.1 Å². The zero-order valence-electron chi connectivity index (χ0n) is 16.2. The molecule has 0 radical (unpaired) electrons. The molecule has 1 N–H and O–H groups in total. The van der Waals surface area contributed by atoms with Crippen molar-refractivity contribution in [1.29, 1.82) is 0 Å². The summed E-state index contributed by atoms with van der Waals surface area (Å²) in [5.74, 6) is -0.0823. The monoisotopic (exact) mass is 429 g/mol. The van der Waals surface area contributed by atoms with Crippen molar-refractivity contribution in [3.8, 4) is 17.0 Å². The average molecular weight is 429 g/mol. The molecule has 160 valence electrons. The topological polar surface area (TPSA) is 65.9 Å². The quantitative estimate of drug-likeness (QED) is 0.594. The number of pyridine rings is 1. The van der Waals surface area contributed by atoms with Gasteiger partial charge in [-0.05, 0) is 36.4 Å². The highest BCUT2D eigenvalue weighted by atomic mass is 19.3. The third-order valence-corrected chi connectivity index (χ3v) is 4.90. The Labute approximate surface area is 176 Å². The molecule has 4 rings (SSSR count). The van der Waals surface area contributed by atoms with E-state index in [4.69, 9.17) is 0 Å². The van der Waals surface area contributed by atoms with Gasteiger partial charge in [0.05, 0.1) is 23.3 Å². The summed E-state index contributed by atoms with van der Waals surface area (Å²) in [7, 11) is 0. The number of para-hydroxylation sites is 2. The van der Waals surface area contributed by atoms with Gasteiger partial charge in [0.15, 0.2) is 0 Å². The van der Waals surface area contributed by atoms with Gasteiger partial charge in [0.25, 0.3) is 6.36 Å². The second-order valence-electron chi connectivity index (χ2n) is 6.80. The van der Waals surface area contributed by atoms with E-state index in [0.717, 1.165) is 16.9 Å². The molecule has 0 saturated carbocycles. The number of aromatic nitrogens is 1. The van der Waals surface area contributed by atoms with Crippen molar-refractivity contribution in [2.45, 2.75) is 12.8 Å². The highest BCUT2D eigenvalue weighted by molar-refractivity contribution is 5.94. The molecule has 2 heterocycles. The Morgan fingerprint density at radius 3 is 2.29 bits per heavy atom. The number of fused-ring (bicyclic) bond motifs is 1. The van der Waals surface area contributed by atoms with Crippen molar-refractivity contribution < 1.29 is 27.8 Å². The minimum atomic E-state index is -3.23. The number of nitrogens with zero attached hydrogens (tertiary/aromatic N) is 3. The summed E-state index contributed by atoms with van der Waals surface area (Å²) < 4.78 is 42.0. The fourth-order valence-electron chi connectivity index (χ4n) is 3.44. The molecule has 0 spiro atoms. The lowest BCUT2D eigenvalue weighted by atomic mass is 10.1. The van der Waals surface area contributed by atoms with Gasteiger partial charge in [-0.15, -0.1) is 0 Å². The minimum Gasteiger partial charge on any atom is -0.465 e. The van der Waals surface area contributed by atoms with Crippen molar-refractivity contribution in [3.63, 3.8) is 0 Å². The maximum absolute atomic E-state index is 13.0. The standard InChI is InChI=1S/C22H18F3N3O3/c23-20(24)21(25)31-16-9-10-17(26-13-16)14-5-7-15(8-6-14)27-11-12-28(22(29)30)19-4-2-1-3-18(19)27/h1-10,13,20-21H,11-12H2,(H,29,30). The summed E-state index contributed by atoms with van der Waals surface area (Å²) in [5, 5.41) is 9.43. The molecule has 1 atom stereocenters. The maximum atomic E-state index is 13.0. The van der Waals surface area contributed by atoms with Gasteiger partial charge in [0, 0.05) is 24.3 Å². The molecule has 1 aliphatic rings. The van der Waals surface area contributed by atoms with Crippen molar-refractivity contribution in [1.82, 2.24) is 4.98 Å². The zero-order chi connectivity index (χ0) is 22.0. The number of halogens is 3. The van der Waals surface area contributed by atoms with Crippen LogP contribution in [0.1, 0.15) is 0 Å². The van der Waals surface area contributed by atoms with Gasteiger partial charge >= 0.3 is 12.5 Å². The Bertz CT molecular complexity index is 1060. The molecular weight excluding hydrogens is 411 g/mol. The van der Waals surface area contributed by atoms with E-state index in [9.17, 15) is 23.1 Å². The molecule has 6 nitrogen and oxygen atoms in total. The number of carbonyl (C=O) groups is 1. The highest BCUT2D eigenvalue weighted by Crippen LogP contribution is 2.38. The summed E-state index contributed by atoms with van der Waals surface area (Å²) in [6, 6.07) is 17.7. The molecule has 0 bridgehead atoms. The van der Waals surface area contributed by atoms with Crippen LogP contribution in [0, 0.1) is 0 Å². The largest absolute Gasteiger partial charge is 0.465 e. The van der Waals surface area contributed by atoms with Crippen LogP contribution in [0.2, 0.25) is 0 Å². The summed E-state index contributed by atoms with van der Waals surface area (Å²) in [6.07, 6.45) is -5.72. The van der Waals surface area contributed by atoms with E-state index in [2.05, 4.69) is 9.72 Å². The summed E-state index contributed by atoms with van der Waals surface area (Å²) in [4.78, 5) is 19.0. The lowest BCUT2D eigenvalue weighted by molar-refractivity contribution is -0.0670. The summed E-state index contributed by atoms with van der Waals surface area (Å²) in [5.41, 5.74) is 3.65. The SMILES string of the molecule is O=C(O)N1CCN(c2ccc(-c3ccc(OC(F)C(F)F)cn3)cc2)c2ccccc21. The van der Waals surface area contributed by atoms with Crippen LogP contribution < -0.4 is 14.5 Å². The predicted molar refractivity (Wildman–Crippen MR) is 110 cm³/mol. The maximum Gasteiger partial charge on any atom is 0.411 e. The van der Waals surface area contributed by atoms with Crippen LogP contribution in [0.4, 0.5) is 35.0 Å². The van der Waals surface area contributed by atoms with Crippen LogP contribution in [0.15, 0.2) is 66.9 Å². The highest BCUT2D eigenvalue weighted by Gasteiger charge is 2.27. The van der Waals surface area contributed by atoms with Gasteiger partial charge < -0.3 is 14.7 Å². The molecule has 1 amide bonds. The molecule has 9 heteroatoms. The van der Waals surface area contributed by atoms with E-state index in [1.807, 2.05) is 41.3 Å². The number of anilines is 3. The van der Waals surface area contributed by atoms with E-state index >= 15 is 0 Å². The Morgan fingerprint density at radius 1 is 0.968 bits per heavy atom. The number of benzene rings is 2. The van der Waals surface area contributed by atoms with Gasteiger partial charge in [0.1, 0.15) is 5.75 Å². The third-order valence-electron chi connectivity index (χ3n) is 4.90. The smallest absolute Gasteiger partial charge is 0.411 e. The molecule has 2 aromatic carbocycles. The first kappa shape index (κ1) is 20.5. The van der Waals surface area contributed by atoms with Crippen molar-refractivity contribution in [2.75, 3.05) is 22.9 Å². The van der Waals surface area contributed by atoms with Crippen LogP contribution in [0.3, 0.4) is 0 Å². The Kier molecular flexibility index (Phi) is 5.66. The first-order chi connectivity index (χ1) is 14.9. The van der Waals surface area contributed by atoms with Gasteiger partial charge in [-0.1, -0.05) is 24.3 Å². The minimum absolute atomic E-state index is 0.0823. The zero-order valence-corrected chi connectivity index (χ0v) is 16.2. The first-order valence-corrected chi connectivity index (χ1v) is 9.46. The third kappa shape index (κ3) is 4.25. The van der Waals surface area contributed by atoms with E-state index < -0.39 is 18.9 Å². The normalized spacial score (nSPS) is 14.3. The molecule has 1 unspecified atom stereocenters. The second kappa shape index (κ2) is 8.55. The fraction of sp³-hybridized carbons (Fsp3) is 0.182. The molecule has 0 fully saturated rings. The molecule has 0 aliphatic carbocycles. The number of hydrogen-bond donors (Lipinski definition) is 1. The summed E-state index contributed by atoms with van der Waals surface area (Å²) in [6.45, 7) is 0.840. The number of ether oxygens (including phenoxy) is 1. The van der Waals surface area contributed by atoms with Crippen molar-refractivity contribution >= 4 is 23.2 Å². The van der Waals surface area contributed by atoms with Crippen LogP contribution >= 0.6 is 0 Å². The number of hydrogen-bond acceptors (Lipinski definition) is 4. The predicted octanol–water partition coefficient (Wildman–Crippen LogP) is 5.32. The van der Waals surface area contributed by atoms with E-state index in [1.54, 1.807) is 18.2 Å². The summed E-state index contributed by atoms with van der Waals surface area (Å²) >= 11 is 0. The fourth-order valence-corrected chi connectivity index (χ4v) is 3.44. The number of amides is 1. The molecule has 31 heavy (non-hydrogen) atoms. The lowest BCUT2D eigenvalue weighted by Crippen LogP contribution is -2.41. The number of alkyl halides is 3. The molecule has 0 saturated heterocycles.